The lowest BCUT2D eigenvalue weighted by molar-refractivity contribution is 0.299. The van der Waals surface area contributed by atoms with Gasteiger partial charge >= 0.3 is 0 Å². The zero-order valence-corrected chi connectivity index (χ0v) is 16.9. The van der Waals surface area contributed by atoms with Gasteiger partial charge in [0, 0.05) is 26.8 Å². The maximum absolute atomic E-state index is 6.28. The Hall–Kier alpha value is -1.16. The van der Waals surface area contributed by atoms with Gasteiger partial charge in [-0.1, -0.05) is 50.1 Å². The first-order valence-corrected chi connectivity index (χ1v) is 13.1. The predicted molar refractivity (Wildman–Crippen MR) is 111 cm³/mol. The van der Waals surface area contributed by atoms with E-state index in [9.17, 15) is 0 Å². The van der Waals surface area contributed by atoms with Crippen molar-refractivity contribution >= 4 is 39.8 Å². The molecule has 0 atom stereocenters. The molecule has 3 heteroatoms. The van der Waals surface area contributed by atoms with Crippen LogP contribution in [0.3, 0.4) is 0 Å². The summed E-state index contributed by atoms with van der Waals surface area (Å²) < 4.78 is 9.08. The number of hydrogen-bond acceptors (Lipinski definition) is 2. The minimum Gasteiger partial charge on any atom is -0.417 e. The van der Waals surface area contributed by atoms with Crippen LogP contribution < -0.4 is 0 Å². The Labute approximate surface area is 150 Å². The number of thiophene rings is 1. The highest BCUT2D eigenvalue weighted by Crippen LogP contribution is 2.36. The summed E-state index contributed by atoms with van der Waals surface area (Å²) in [5.41, 5.74) is 1.47. The van der Waals surface area contributed by atoms with Crippen LogP contribution in [0.1, 0.15) is 31.7 Å². The summed E-state index contributed by atoms with van der Waals surface area (Å²) in [6, 6.07) is 16.8. The van der Waals surface area contributed by atoms with Crippen LogP contribution in [0, 0.1) is 0 Å². The summed E-state index contributed by atoms with van der Waals surface area (Å²) in [6.45, 7) is 7.88. The van der Waals surface area contributed by atoms with E-state index in [0.29, 0.717) is 0 Å². The third-order valence-electron chi connectivity index (χ3n) is 4.70. The molecule has 1 aromatic heterocycles. The fourth-order valence-electron chi connectivity index (χ4n) is 3.34. The standard InChI is InChI=1S/C21H28OSSi/c1-4-5-16-24(2,3)22-15-9-11-17-10-8-14-20-21(17)18-12-6-7-13-19(18)23-20/h6-8,10,12-14H,4-5,9,11,15-16H2,1-3H3. The molecule has 0 radical (unpaired) electrons. The lowest BCUT2D eigenvalue weighted by Gasteiger charge is -2.22. The summed E-state index contributed by atoms with van der Waals surface area (Å²) in [5, 5.41) is 2.87. The Bertz CT molecular complexity index is 806. The molecule has 0 amide bonds. The van der Waals surface area contributed by atoms with Crippen LogP contribution in [0.2, 0.25) is 19.1 Å². The van der Waals surface area contributed by atoms with Crippen LogP contribution in [0.15, 0.2) is 42.5 Å². The SMILES string of the molecule is CCCC[Si](C)(C)OCCCc1cccc2sc3ccccc3c12. The van der Waals surface area contributed by atoms with Gasteiger partial charge in [0.15, 0.2) is 8.32 Å². The van der Waals surface area contributed by atoms with Crippen molar-refractivity contribution in [1.82, 2.24) is 0 Å². The predicted octanol–water partition coefficient (Wildman–Crippen LogP) is 7.01. The van der Waals surface area contributed by atoms with Crippen molar-refractivity contribution in [2.24, 2.45) is 0 Å². The average molecular weight is 357 g/mol. The molecule has 0 fully saturated rings. The van der Waals surface area contributed by atoms with Gasteiger partial charge in [-0.3, -0.25) is 0 Å². The maximum atomic E-state index is 6.28. The monoisotopic (exact) mass is 356 g/mol. The smallest absolute Gasteiger partial charge is 0.186 e. The van der Waals surface area contributed by atoms with E-state index >= 15 is 0 Å². The molecule has 0 N–H and O–H groups in total. The van der Waals surface area contributed by atoms with Gasteiger partial charge in [0.25, 0.3) is 0 Å². The lowest BCUT2D eigenvalue weighted by Crippen LogP contribution is -2.30. The second-order valence-corrected chi connectivity index (χ2v) is 12.6. The topological polar surface area (TPSA) is 9.23 Å². The molecular formula is C21H28OSSi. The molecule has 0 aliphatic heterocycles. The van der Waals surface area contributed by atoms with Crippen LogP contribution in [-0.2, 0) is 10.8 Å². The van der Waals surface area contributed by atoms with Gasteiger partial charge in [-0.2, -0.15) is 0 Å². The Kier molecular flexibility index (Phi) is 5.75. The second kappa shape index (κ2) is 7.81. The Morgan fingerprint density at radius 1 is 0.958 bits per heavy atom. The molecule has 1 heterocycles. The number of rotatable bonds is 8. The molecule has 0 spiro atoms. The molecule has 0 saturated carbocycles. The number of unbranched alkanes of at least 4 members (excludes halogenated alkanes) is 1. The van der Waals surface area contributed by atoms with E-state index in [1.54, 1.807) is 0 Å². The normalized spacial score (nSPS) is 12.3. The van der Waals surface area contributed by atoms with Crippen molar-refractivity contribution in [3.8, 4) is 0 Å². The van der Waals surface area contributed by atoms with Crippen molar-refractivity contribution in [3.05, 3.63) is 48.0 Å². The molecule has 128 valence electrons. The molecule has 3 aromatic rings. The molecule has 3 rings (SSSR count). The third-order valence-corrected chi connectivity index (χ3v) is 8.38. The van der Waals surface area contributed by atoms with E-state index < -0.39 is 8.32 Å². The summed E-state index contributed by atoms with van der Waals surface area (Å²) in [5.74, 6) is 0. The number of benzene rings is 2. The molecule has 0 bridgehead atoms. The van der Waals surface area contributed by atoms with Crippen molar-refractivity contribution < 1.29 is 4.43 Å². The number of hydrogen-bond donors (Lipinski definition) is 0. The quantitative estimate of drug-likeness (QED) is 0.311. The van der Waals surface area contributed by atoms with E-state index in [1.165, 1.54) is 44.6 Å². The molecule has 0 aliphatic rings. The first-order chi connectivity index (χ1) is 11.6. The molecule has 0 saturated heterocycles. The van der Waals surface area contributed by atoms with Crippen molar-refractivity contribution in [2.45, 2.75) is 51.7 Å². The summed E-state index contributed by atoms with van der Waals surface area (Å²) in [6.07, 6.45) is 4.80. The van der Waals surface area contributed by atoms with E-state index in [-0.39, 0.29) is 0 Å². The van der Waals surface area contributed by atoms with Crippen LogP contribution in [-0.4, -0.2) is 14.9 Å². The lowest BCUT2D eigenvalue weighted by atomic mass is 10.0. The van der Waals surface area contributed by atoms with Crippen LogP contribution in [0.4, 0.5) is 0 Å². The molecular weight excluding hydrogens is 328 g/mol. The molecule has 24 heavy (non-hydrogen) atoms. The van der Waals surface area contributed by atoms with Gasteiger partial charge in [0.05, 0.1) is 0 Å². The Morgan fingerprint density at radius 2 is 1.75 bits per heavy atom. The van der Waals surface area contributed by atoms with E-state index in [4.69, 9.17) is 4.43 Å². The minimum atomic E-state index is -1.44. The molecule has 0 aliphatic carbocycles. The van der Waals surface area contributed by atoms with Gasteiger partial charge in [0.1, 0.15) is 0 Å². The van der Waals surface area contributed by atoms with Gasteiger partial charge in [-0.05, 0) is 49.7 Å². The Morgan fingerprint density at radius 3 is 2.58 bits per heavy atom. The largest absolute Gasteiger partial charge is 0.417 e. The van der Waals surface area contributed by atoms with Crippen LogP contribution >= 0.6 is 11.3 Å². The maximum Gasteiger partial charge on any atom is 0.186 e. The number of fused-ring (bicyclic) bond motifs is 3. The fourth-order valence-corrected chi connectivity index (χ4v) is 6.54. The number of aryl methyl sites for hydroxylation is 1. The zero-order valence-electron chi connectivity index (χ0n) is 15.1. The van der Waals surface area contributed by atoms with Gasteiger partial charge in [-0.15, -0.1) is 11.3 Å². The van der Waals surface area contributed by atoms with E-state index in [2.05, 4.69) is 62.5 Å². The highest BCUT2D eigenvalue weighted by Gasteiger charge is 2.21. The highest BCUT2D eigenvalue weighted by molar-refractivity contribution is 7.25. The zero-order chi connectivity index (χ0) is 17.0. The average Bonchev–Trinajstić information content (AvgIpc) is 2.96. The summed E-state index contributed by atoms with van der Waals surface area (Å²) in [4.78, 5) is 0. The first-order valence-electron chi connectivity index (χ1n) is 9.14. The molecule has 2 aromatic carbocycles. The van der Waals surface area contributed by atoms with Crippen LogP contribution in [0.25, 0.3) is 20.2 Å². The van der Waals surface area contributed by atoms with Crippen LogP contribution in [0.5, 0.6) is 0 Å². The molecule has 1 nitrogen and oxygen atoms in total. The minimum absolute atomic E-state index is 0.904. The first kappa shape index (κ1) is 17.7. The van der Waals surface area contributed by atoms with Crippen molar-refractivity contribution in [2.75, 3.05) is 6.61 Å². The third kappa shape index (κ3) is 4.08. The summed E-state index contributed by atoms with van der Waals surface area (Å²) in [7, 11) is -1.44. The van der Waals surface area contributed by atoms with Gasteiger partial charge in [-0.25, -0.2) is 0 Å². The van der Waals surface area contributed by atoms with E-state index in [1.807, 2.05) is 11.3 Å². The van der Waals surface area contributed by atoms with Crippen molar-refractivity contribution in [1.29, 1.82) is 0 Å². The highest BCUT2D eigenvalue weighted by atomic mass is 32.1. The van der Waals surface area contributed by atoms with E-state index in [0.717, 1.165) is 19.4 Å². The van der Waals surface area contributed by atoms with Crippen molar-refractivity contribution in [3.63, 3.8) is 0 Å². The molecule has 0 unspecified atom stereocenters. The second-order valence-electron chi connectivity index (χ2n) is 7.20. The Balaban J connectivity index is 1.68. The fraction of sp³-hybridized carbons (Fsp3) is 0.429. The van der Waals surface area contributed by atoms with Gasteiger partial charge in [0.2, 0.25) is 0 Å². The van der Waals surface area contributed by atoms with Gasteiger partial charge < -0.3 is 4.43 Å². The summed E-state index contributed by atoms with van der Waals surface area (Å²) >= 11 is 1.90.